The highest BCUT2D eigenvalue weighted by molar-refractivity contribution is 5.76. The topological polar surface area (TPSA) is 47.6 Å². The quantitative estimate of drug-likeness (QED) is 0.875. The Morgan fingerprint density at radius 2 is 1.95 bits per heavy atom. The SMILES string of the molecule is COc1ccc(OC)c(CCC(=O)NCC(F)(F)F)c1. The van der Waals surface area contributed by atoms with Crippen LogP contribution in [0.5, 0.6) is 11.5 Å². The molecule has 0 unspecified atom stereocenters. The molecule has 1 aromatic rings. The van der Waals surface area contributed by atoms with E-state index in [4.69, 9.17) is 9.47 Å². The fraction of sp³-hybridized carbons (Fsp3) is 0.462. The second kappa shape index (κ2) is 7.02. The minimum Gasteiger partial charge on any atom is -0.497 e. The molecule has 20 heavy (non-hydrogen) atoms. The maximum atomic E-state index is 11.9. The summed E-state index contributed by atoms with van der Waals surface area (Å²) in [4.78, 5) is 11.3. The monoisotopic (exact) mass is 291 g/mol. The molecule has 0 fully saturated rings. The van der Waals surface area contributed by atoms with Crippen molar-refractivity contribution in [3.05, 3.63) is 23.8 Å². The van der Waals surface area contributed by atoms with Crippen molar-refractivity contribution in [2.45, 2.75) is 19.0 Å². The van der Waals surface area contributed by atoms with Crippen LogP contribution in [-0.4, -0.2) is 32.8 Å². The highest BCUT2D eigenvalue weighted by Gasteiger charge is 2.27. The Balaban J connectivity index is 2.58. The van der Waals surface area contributed by atoms with Crippen molar-refractivity contribution in [3.8, 4) is 11.5 Å². The molecule has 0 aliphatic rings. The first-order valence-corrected chi connectivity index (χ1v) is 5.90. The van der Waals surface area contributed by atoms with E-state index < -0.39 is 18.6 Å². The summed E-state index contributed by atoms with van der Waals surface area (Å²) in [6, 6.07) is 5.07. The van der Waals surface area contributed by atoms with Gasteiger partial charge in [0.25, 0.3) is 0 Å². The first-order chi connectivity index (χ1) is 9.35. The predicted molar refractivity (Wildman–Crippen MR) is 66.9 cm³/mol. The summed E-state index contributed by atoms with van der Waals surface area (Å²) in [6.07, 6.45) is -4.19. The predicted octanol–water partition coefficient (Wildman–Crippen LogP) is 2.31. The number of nitrogens with one attached hydrogen (secondary N) is 1. The van der Waals surface area contributed by atoms with Crippen LogP contribution in [0.2, 0.25) is 0 Å². The largest absolute Gasteiger partial charge is 0.497 e. The van der Waals surface area contributed by atoms with Crippen molar-refractivity contribution >= 4 is 5.91 Å². The molecule has 1 rings (SSSR count). The lowest BCUT2D eigenvalue weighted by atomic mass is 10.1. The molecule has 0 spiro atoms. The van der Waals surface area contributed by atoms with E-state index in [1.165, 1.54) is 14.2 Å². The molecule has 7 heteroatoms. The van der Waals surface area contributed by atoms with E-state index in [9.17, 15) is 18.0 Å². The Kier molecular flexibility index (Phi) is 5.66. The smallest absolute Gasteiger partial charge is 0.405 e. The number of halogens is 3. The number of rotatable bonds is 6. The van der Waals surface area contributed by atoms with Crippen LogP contribution >= 0.6 is 0 Å². The average molecular weight is 291 g/mol. The van der Waals surface area contributed by atoms with Gasteiger partial charge in [-0.05, 0) is 30.2 Å². The Morgan fingerprint density at radius 3 is 2.50 bits per heavy atom. The summed E-state index contributed by atoms with van der Waals surface area (Å²) >= 11 is 0. The Hall–Kier alpha value is -1.92. The number of aryl methyl sites for hydroxylation is 1. The van der Waals surface area contributed by atoms with Gasteiger partial charge in [-0.15, -0.1) is 0 Å². The molecule has 0 atom stereocenters. The number of alkyl halides is 3. The van der Waals surface area contributed by atoms with E-state index in [0.717, 1.165) is 0 Å². The molecule has 0 heterocycles. The van der Waals surface area contributed by atoms with Crippen LogP contribution in [0.25, 0.3) is 0 Å². The van der Waals surface area contributed by atoms with E-state index in [1.807, 2.05) is 5.32 Å². The van der Waals surface area contributed by atoms with Crippen molar-refractivity contribution in [1.82, 2.24) is 5.32 Å². The third kappa shape index (κ3) is 5.38. The van der Waals surface area contributed by atoms with Crippen LogP contribution in [-0.2, 0) is 11.2 Å². The summed E-state index contributed by atoms with van der Waals surface area (Å²) in [7, 11) is 2.98. The molecule has 0 radical (unpaired) electrons. The van der Waals surface area contributed by atoms with Gasteiger partial charge in [-0.1, -0.05) is 0 Å². The molecule has 0 aliphatic carbocycles. The summed E-state index contributed by atoms with van der Waals surface area (Å²) in [5, 5.41) is 1.82. The molecule has 0 aromatic heterocycles. The molecule has 4 nitrogen and oxygen atoms in total. The molecule has 0 saturated carbocycles. The number of hydrogen-bond donors (Lipinski definition) is 1. The third-order valence-corrected chi connectivity index (χ3v) is 2.59. The van der Waals surface area contributed by atoms with Gasteiger partial charge in [0.15, 0.2) is 0 Å². The normalized spacial score (nSPS) is 11.1. The number of amides is 1. The number of ether oxygens (including phenoxy) is 2. The van der Waals surface area contributed by atoms with Crippen LogP contribution in [0.15, 0.2) is 18.2 Å². The van der Waals surface area contributed by atoms with Crippen LogP contribution in [0.4, 0.5) is 13.2 Å². The highest BCUT2D eigenvalue weighted by Crippen LogP contribution is 2.25. The molecule has 1 N–H and O–H groups in total. The number of benzene rings is 1. The van der Waals surface area contributed by atoms with Gasteiger partial charge in [0.2, 0.25) is 5.91 Å². The lowest BCUT2D eigenvalue weighted by Crippen LogP contribution is -2.33. The zero-order valence-electron chi connectivity index (χ0n) is 11.2. The van der Waals surface area contributed by atoms with Crippen molar-refractivity contribution in [3.63, 3.8) is 0 Å². The fourth-order valence-corrected chi connectivity index (χ4v) is 1.61. The van der Waals surface area contributed by atoms with Crippen molar-refractivity contribution in [1.29, 1.82) is 0 Å². The lowest BCUT2D eigenvalue weighted by molar-refractivity contribution is -0.138. The van der Waals surface area contributed by atoms with Gasteiger partial charge in [-0.3, -0.25) is 4.79 Å². The zero-order valence-corrected chi connectivity index (χ0v) is 11.2. The van der Waals surface area contributed by atoms with Gasteiger partial charge in [0.1, 0.15) is 18.0 Å². The van der Waals surface area contributed by atoms with Gasteiger partial charge >= 0.3 is 6.18 Å². The van der Waals surface area contributed by atoms with E-state index in [1.54, 1.807) is 18.2 Å². The summed E-state index contributed by atoms with van der Waals surface area (Å²) < 4.78 is 46.0. The summed E-state index contributed by atoms with van der Waals surface area (Å²) in [6.45, 7) is -1.32. The summed E-state index contributed by atoms with van der Waals surface area (Å²) in [5.74, 6) is 0.498. The molecule has 0 aliphatic heterocycles. The number of carbonyl (C=O) groups excluding carboxylic acids is 1. The van der Waals surface area contributed by atoms with E-state index in [-0.39, 0.29) is 12.8 Å². The van der Waals surface area contributed by atoms with E-state index in [0.29, 0.717) is 17.1 Å². The standard InChI is InChI=1S/C13H16F3NO3/c1-19-10-4-5-11(20-2)9(7-10)3-6-12(18)17-8-13(14,15)16/h4-5,7H,3,6,8H2,1-2H3,(H,17,18). The molecular formula is C13H16F3NO3. The Morgan fingerprint density at radius 1 is 1.25 bits per heavy atom. The molecule has 0 bridgehead atoms. The highest BCUT2D eigenvalue weighted by atomic mass is 19.4. The average Bonchev–Trinajstić information content (AvgIpc) is 2.41. The first-order valence-electron chi connectivity index (χ1n) is 5.90. The number of carbonyl (C=O) groups is 1. The fourth-order valence-electron chi connectivity index (χ4n) is 1.61. The molecule has 112 valence electrons. The van der Waals surface area contributed by atoms with Gasteiger partial charge in [0.05, 0.1) is 14.2 Å². The minimum atomic E-state index is -4.40. The Labute approximate surface area is 114 Å². The molecule has 1 aromatic carbocycles. The van der Waals surface area contributed by atoms with Crippen molar-refractivity contribution in [2.24, 2.45) is 0 Å². The second-order valence-corrected chi connectivity index (χ2v) is 4.07. The maximum absolute atomic E-state index is 11.9. The van der Waals surface area contributed by atoms with Gasteiger partial charge in [-0.25, -0.2) is 0 Å². The zero-order chi connectivity index (χ0) is 15.2. The van der Waals surface area contributed by atoms with Crippen LogP contribution in [0.1, 0.15) is 12.0 Å². The number of methoxy groups -OCH3 is 2. The summed E-state index contributed by atoms with van der Waals surface area (Å²) in [5.41, 5.74) is 0.703. The second-order valence-electron chi connectivity index (χ2n) is 4.07. The Bertz CT molecular complexity index is 461. The van der Waals surface area contributed by atoms with Crippen LogP contribution < -0.4 is 14.8 Å². The van der Waals surface area contributed by atoms with Crippen LogP contribution in [0, 0.1) is 0 Å². The van der Waals surface area contributed by atoms with Crippen molar-refractivity contribution < 1.29 is 27.4 Å². The molecule has 0 saturated heterocycles. The van der Waals surface area contributed by atoms with Crippen molar-refractivity contribution in [2.75, 3.05) is 20.8 Å². The van der Waals surface area contributed by atoms with E-state index in [2.05, 4.69) is 0 Å². The van der Waals surface area contributed by atoms with E-state index >= 15 is 0 Å². The van der Waals surface area contributed by atoms with Crippen LogP contribution in [0.3, 0.4) is 0 Å². The van der Waals surface area contributed by atoms with Gasteiger partial charge < -0.3 is 14.8 Å². The minimum absolute atomic E-state index is 0.0559. The first kappa shape index (κ1) is 16.1. The lowest BCUT2D eigenvalue weighted by Gasteiger charge is -2.11. The maximum Gasteiger partial charge on any atom is 0.405 e. The third-order valence-electron chi connectivity index (χ3n) is 2.59. The van der Waals surface area contributed by atoms with Gasteiger partial charge in [0, 0.05) is 6.42 Å². The van der Waals surface area contributed by atoms with Gasteiger partial charge in [-0.2, -0.15) is 13.2 Å². The number of hydrogen-bond acceptors (Lipinski definition) is 3. The molecular weight excluding hydrogens is 275 g/mol. The molecule has 1 amide bonds.